The fraction of sp³-hybridized carbons (Fsp3) is 0.900. The van der Waals surface area contributed by atoms with Gasteiger partial charge in [0.05, 0.1) is 0 Å². The average Bonchev–Trinajstić information content (AvgIpc) is 2.00. The van der Waals surface area contributed by atoms with E-state index in [0.29, 0.717) is 17.8 Å². The molecule has 0 aliphatic rings. The van der Waals surface area contributed by atoms with Crippen LogP contribution in [0.2, 0.25) is 0 Å². The van der Waals surface area contributed by atoms with Crippen LogP contribution < -0.4 is 10.6 Å². The van der Waals surface area contributed by atoms with Crippen LogP contribution in [-0.2, 0) is 0 Å². The van der Waals surface area contributed by atoms with Gasteiger partial charge >= 0.3 is 0 Å². The number of hydrogen-bond acceptors (Lipinski definition) is 1. The minimum absolute atomic E-state index is 0.453. The Morgan fingerprint density at radius 2 is 1.69 bits per heavy atom. The molecule has 0 rings (SSSR count). The standard InChI is InChI=1S/C10H23N3/c1-8(2)5-6-12-10(11)13-7-9(3)4/h8-9H,5-7H2,1-4H3,(H3,11,12,13). The van der Waals surface area contributed by atoms with Crippen molar-refractivity contribution in [1.29, 1.82) is 5.41 Å². The van der Waals surface area contributed by atoms with E-state index in [1.807, 2.05) is 0 Å². The van der Waals surface area contributed by atoms with Gasteiger partial charge < -0.3 is 10.6 Å². The van der Waals surface area contributed by atoms with Gasteiger partial charge in [-0.25, -0.2) is 0 Å². The highest BCUT2D eigenvalue weighted by molar-refractivity contribution is 5.76. The molecule has 3 heteroatoms. The highest BCUT2D eigenvalue weighted by atomic mass is 15.1. The summed E-state index contributed by atoms with van der Waals surface area (Å²) in [6.07, 6.45) is 1.12. The fourth-order valence-corrected chi connectivity index (χ4v) is 0.855. The third-order valence-electron chi connectivity index (χ3n) is 1.71. The van der Waals surface area contributed by atoms with Crippen molar-refractivity contribution >= 4 is 5.96 Å². The first kappa shape index (κ1) is 12.3. The Hall–Kier alpha value is -0.730. The van der Waals surface area contributed by atoms with Crippen LogP contribution >= 0.6 is 0 Å². The first-order chi connectivity index (χ1) is 6.02. The van der Waals surface area contributed by atoms with Gasteiger partial charge in [0.25, 0.3) is 0 Å². The van der Waals surface area contributed by atoms with Crippen molar-refractivity contribution < 1.29 is 0 Å². The van der Waals surface area contributed by atoms with Gasteiger partial charge in [0.2, 0.25) is 0 Å². The number of hydrogen-bond donors (Lipinski definition) is 3. The van der Waals surface area contributed by atoms with Gasteiger partial charge in [-0.3, -0.25) is 5.41 Å². The van der Waals surface area contributed by atoms with Gasteiger partial charge in [-0.15, -0.1) is 0 Å². The van der Waals surface area contributed by atoms with Gasteiger partial charge in [0.1, 0.15) is 0 Å². The zero-order chi connectivity index (χ0) is 10.3. The topological polar surface area (TPSA) is 47.9 Å². The molecule has 0 atom stereocenters. The summed E-state index contributed by atoms with van der Waals surface area (Å²) < 4.78 is 0. The van der Waals surface area contributed by atoms with Gasteiger partial charge in [-0.1, -0.05) is 27.7 Å². The summed E-state index contributed by atoms with van der Waals surface area (Å²) >= 11 is 0. The molecule has 0 aliphatic heterocycles. The molecule has 0 bridgehead atoms. The summed E-state index contributed by atoms with van der Waals surface area (Å²) in [5, 5.41) is 13.6. The Kier molecular flexibility index (Phi) is 6.37. The van der Waals surface area contributed by atoms with Crippen molar-refractivity contribution in [2.24, 2.45) is 11.8 Å². The van der Waals surface area contributed by atoms with Crippen LogP contribution in [0.4, 0.5) is 0 Å². The van der Waals surface area contributed by atoms with Gasteiger partial charge in [-0.05, 0) is 18.3 Å². The Labute approximate surface area is 81.8 Å². The normalized spacial score (nSPS) is 10.6. The maximum Gasteiger partial charge on any atom is 0.188 e. The summed E-state index contributed by atoms with van der Waals surface area (Å²) in [6, 6.07) is 0. The Morgan fingerprint density at radius 1 is 1.08 bits per heavy atom. The highest BCUT2D eigenvalue weighted by Crippen LogP contribution is 1.95. The van der Waals surface area contributed by atoms with E-state index in [1.54, 1.807) is 0 Å². The van der Waals surface area contributed by atoms with E-state index >= 15 is 0 Å². The van der Waals surface area contributed by atoms with Gasteiger partial charge in [0.15, 0.2) is 5.96 Å². The molecule has 13 heavy (non-hydrogen) atoms. The van der Waals surface area contributed by atoms with Crippen LogP contribution in [0.25, 0.3) is 0 Å². The maximum atomic E-state index is 7.50. The molecule has 0 radical (unpaired) electrons. The molecule has 0 amide bonds. The molecule has 0 fully saturated rings. The smallest absolute Gasteiger partial charge is 0.188 e. The van der Waals surface area contributed by atoms with Crippen molar-refractivity contribution in [3.8, 4) is 0 Å². The molecule has 3 N–H and O–H groups in total. The van der Waals surface area contributed by atoms with E-state index < -0.39 is 0 Å². The van der Waals surface area contributed by atoms with Crippen LogP contribution in [0.5, 0.6) is 0 Å². The first-order valence-electron chi connectivity index (χ1n) is 5.08. The van der Waals surface area contributed by atoms with Gasteiger partial charge in [0, 0.05) is 13.1 Å². The zero-order valence-electron chi connectivity index (χ0n) is 9.28. The largest absolute Gasteiger partial charge is 0.357 e. The lowest BCUT2D eigenvalue weighted by molar-refractivity contribution is 0.566. The van der Waals surface area contributed by atoms with Crippen LogP contribution in [-0.4, -0.2) is 19.0 Å². The van der Waals surface area contributed by atoms with E-state index in [-0.39, 0.29) is 0 Å². The molecule has 0 spiro atoms. The van der Waals surface area contributed by atoms with Crippen molar-refractivity contribution in [3.05, 3.63) is 0 Å². The molecule has 0 saturated carbocycles. The molecular weight excluding hydrogens is 162 g/mol. The number of rotatable bonds is 5. The maximum absolute atomic E-state index is 7.50. The molecule has 0 aliphatic carbocycles. The van der Waals surface area contributed by atoms with Crippen LogP contribution in [0.15, 0.2) is 0 Å². The summed E-state index contributed by atoms with van der Waals surface area (Å²) in [4.78, 5) is 0. The molecule has 0 unspecified atom stereocenters. The van der Waals surface area contributed by atoms with Crippen molar-refractivity contribution in [2.45, 2.75) is 34.1 Å². The third kappa shape index (κ3) is 9.18. The van der Waals surface area contributed by atoms with Crippen molar-refractivity contribution in [3.63, 3.8) is 0 Å². The van der Waals surface area contributed by atoms with E-state index in [1.165, 1.54) is 0 Å². The molecule has 0 heterocycles. The van der Waals surface area contributed by atoms with Crippen molar-refractivity contribution in [2.75, 3.05) is 13.1 Å². The lowest BCUT2D eigenvalue weighted by Crippen LogP contribution is -2.38. The Balaban J connectivity index is 3.30. The fourth-order valence-electron chi connectivity index (χ4n) is 0.855. The van der Waals surface area contributed by atoms with Crippen LogP contribution in [0, 0.1) is 17.2 Å². The molecule has 0 saturated heterocycles. The lowest BCUT2D eigenvalue weighted by atomic mass is 10.1. The molecular formula is C10H23N3. The Morgan fingerprint density at radius 3 is 2.15 bits per heavy atom. The SMILES string of the molecule is CC(C)CCNC(=N)NCC(C)C. The quantitative estimate of drug-likeness (QED) is 0.452. The monoisotopic (exact) mass is 185 g/mol. The minimum Gasteiger partial charge on any atom is -0.357 e. The van der Waals surface area contributed by atoms with E-state index in [4.69, 9.17) is 5.41 Å². The highest BCUT2D eigenvalue weighted by Gasteiger charge is 1.97. The second kappa shape index (κ2) is 6.75. The van der Waals surface area contributed by atoms with Crippen LogP contribution in [0.3, 0.4) is 0 Å². The Bertz CT molecular complexity index is 141. The third-order valence-corrected chi connectivity index (χ3v) is 1.71. The summed E-state index contributed by atoms with van der Waals surface area (Å²) in [5.74, 6) is 1.74. The zero-order valence-corrected chi connectivity index (χ0v) is 9.28. The summed E-state index contributed by atoms with van der Waals surface area (Å²) in [5.41, 5.74) is 0. The summed E-state index contributed by atoms with van der Waals surface area (Å²) in [6.45, 7) is 10.4. The predicted molar refractivity (Wildman–Crippen MR) is 58.0 cm³/mol. The molecule has 0 aromatic rings. The number of guanidine groups is 1. The number of nitrogens with one attached hydrogen (secondary N) is 3. The molecule has 3 nitrogen and oxygen atoms in total. The summed E-state index contributed by atoms with van der Waals surface area (Å²) in [7, 11) is 0. The molecule has 0 aromatic heterocycles. The molecule has 0 aromatic carbocycles. The average molecular weight is 185 g/mol. The first-order valence-corrected chi connectivity index (χ1v) is 5.08. The lowest BCUT2D eigenvalue weighted by Gasteiger charge is -2.12. The van der Waals surface area contributed by atoms with E-state index in [2.05, 4.69) is 38.3 Å². The second-order valence-corrected chi connectivity index (χ2v) is 4.26. The van der Waals surface area contributed by atoms with Gasteiger partial charge in [-0.2, -0.15) is 0 Å². The minimum atomic E-state index is 0.453. The predicted octanol–water partition coefficient (Wildman–Crippen LogP) is 1.80. The van der Waals surface area contributed by atoms with Crippen molar-refractivity contribution in [1.82, 2.24) is 10.6 Å². The van der Waals surface area contributed by atoms with E-state index in [0.717, 1.165) is 19.5 Å². The molecule has 78 valence electrons. The second-order valence-electron chi connectivity index (χ2n) is 4.26. The van der Waals surface area contributed by atoms with E-state index in [9.17, 15) is 0 Å². The van der Waals surface area contributed by atoms with Crippen LogP contribution in [0.1, 0.15) is 34.1 Å².